The highest BCUT2D eigenvalue weighted by atomic mass is 16.5. The Hall–Kier alpha value is -2.04. The van der Waals surface area contributed by atoms with Crippen molar-refractivity contribution in [3.05, 3.63) is 24.0 Å². The summed E-state index contributed by atoms with van der Waals surface area (Å²) in [6.07, 6.45) is 5.03. The lowest BCUT2D eigenvalue weighted by molar-refractivity contribution is 0.370. The Morgan fingerprint density at radius 1 is 1.15 bits per heavy atom. The largest absolute Gasteiger partial charge is 0.504 e. The van der Waals surface area contributed by atoms with Crippen molar-refractivity contribution in [2.24, 2.45) is 11.8 Å². The summed E-state index contributed by atoms with van der Waals surface area (Å²) in [7, 11) is 0. The predicted molar refractivity (Wildman–Crippen MR) is 71.3 cm³/mol. The van der Waals surface area contributed by atoms with E-state index >= 15 is 0 Å². The summed E-state index contributed by atoms with van der Waals surface area (Å²) >= 11 is 0. The Morgan fingerprint density at radius 3 is 2.80 bits per heavy atom. The molecule has 5 nitrogen and oxygen atoms in total. The first-order valence-electron chi connectivity index (χ1n) is 7.07. The van der Waals surface area contributed by atoms with E-state index in [1.807, 2.05) is 0 Å². The molecule has 1 heterocycles. The molecule has 2 bridgehead atoms. The quantitative estimate of drug-likeness (QED) is 0.821. The van der Waals surface area contributed by atoms with Gasteiger partial charge in [-0.3, -0.25) is 0 Å². The minimum atomic E-state index is -0.212. The first-order valence-corrected chi connectivity index (χ1v) is 7.07. The molecule has 1 aromatic heterocycles. The summed E-state index contributed by atoms with van der Waals surface area (Å²) in [5.74, 6) is 2.53. The number of fused-ring (bicyclic) bond motifs is 2. The normalized spacial score (nSPS) is 28.1. The van der Waals surface area contributed by atoms with Gasteiger partial charge in [0.1, 0.15) is 0 Å². The SMILES string of the molecule is Oc1cccc(-c2nc(C3CC4CCC3C4)no2)c1O. The van der Waals surface area contributed by atoms with Crippen LogP contribution in [0.2, 0.25) is 0 Å². The Bertz CT molecular complexity index is 652. The lowest BCUT2D eigenvalue weighted by atomic mass is 9.88. The van der Waals surface area contributed by atoms with Crippen LogP contribution in [-0.4, -0.2) is 20.4 Å². The molecular weight excluding hydrogens is 256 g/mol. The first kappa shape index (κ1) is 11.8. The second kappa shape index (κ2) is 4.23. The van der Waals surface area contributed by atoms with E-state index in [9.17, 15) is 10.2 Å². The van der Waals surface area contributed by atoms with Crippen molar-refractivity contribution in [3.8, 4) is 23.0 Å². The van der Waals surface area contributed by atoms with Gasteiger partial charge < -0.3 is 14.7 Å². The molecule has 3 atom stereocenters. The number of aromatic hydroxyl groups is 2. The second-order valence-corrected chi connectivity index (χ2v) is 5.91. The lowest BCUT2D eigenvalue weighted by Crippen LogP contribution is -2.09. The van der Waals surface area contributed by atoms with Crippen LogP contribution in [0.25, 0.3) is 11.5 Å². The standard InChI is InChI=1S/C15H16N2O3/c18-12-3-1-2-10(13(12)19)15-16-14(17-20-15)11-7-8-4-5-9(11)6-8/h1-3,8-9,11,18-19H,4-7H2. The summed E-state index contributed by atoms with van der Waals surface area (Å²) < 4.78 is 5.27. The van der Waals surface area contributed by atoms with Crippen molar-refractivity contribution in [2.75, 3.05) is 0 Å². The third-order valence-corrected chi connectivity index (χ3v) is 4.76. The molecule has 2 fully saturated rings. The molecular formula is C15H16N2O3. The number of rotatable bonds is 2. The molecule has 2 saturated carbocycles. The van der Waals surface area contributed by atoms with Gasteiger partial charge in [-0.15, -0.1) is 0 Å². The van der Waals surface area contributed by atoms with E-state index in [-0.39, 0.29) is 17.4 Å². The van der Waals surface area contributed by atoms with Crippen LogP contribution in [0.15, 0.2) is 22.7 Å². The van der Waals surface area contributed by atoms with Crippen LogP contribution in [-0.2, 0) is 0 Å². The van der Waals surface area contributed by atoms with Gasteiger partial charge in [-0.1, -0.05) is 17.6 Å². The maximum absolute atomic E-state index is 9.85. The number of hydrogen-bond donors (Lipinski definition) is 2. The smallest absolute Gasteiger partial charge is 0.261 e. The zero-order valence-electron chi connectivity index (χ0n) is 11.0. The van der Waals surface area contributed by atoms with Gasteiger partial charge >= 0.3 is 0 Å². The average molecular weight is 272 g/mol. The number of aromatic nitrogens is 2. The average Bonchev–Trinajstić information content (AvgIpc) is 3.16. The van der Waals surface area contributed by atoms with Crippen molar-refractivity contribution in [1.82, 2.24) is 10.1 Å². The van der Waals surface area contributed by atoms with E-state index in [1.54, 1.807) is 12.1 Å². The maximum Gasteiger partial charge on any atom is 0.261 e. The van der Waals surface area contributed by atoms with Crippen molar-refractivity contribution in [3.63, 3.8) is 0 Å². The minimum absolute atomic E-state index is 0.179. The molecule has 5 heteroatoms. The maximum atomic E-state index is 9.85. The molecule has 104 valence electrons. The number of phenolic OH excluding ortho intramolecular Hbond substituents is 2. The van der Waals surface area contributed by atoms with Crippen molar-refractivity contribution < 1.29 is 14.7 Å². The van der Waals surface area contributed by atoms with Crippen LogP contribution in [0, 0.1) is 11.8 Å². The van der Waals surface area contributed by atoms with Crippen LogP contribution in [0.3, 0.4) is 0 Å². The molecule has 0 spiro atoms. The van der Waals surface area contributed by atoms with Gasteiger partial charge in [-0.25, -0.2) is 0 Å². The Balaban J connectivity index is 1.67. The van der Waals surface area contributed by atoms with Gasteiger partial charge in [0.2, 0.25) is 0 Å². The zero-order chi connectivity index (χ0) is 13.7. The van der Waals surface area contributed by atoms with E-state index in [4.69, 9.17) is 4.52 Å². The fraction of sp³-hybridized carbons (Fsp3) is 0.467. The van der Waals surface area contributed by atoms with Crippen LogP contribution in [0.4, 0.5) is 0 Å². The molecule has 2 aliphatic carbocycles. The summed E-state index contributed by atoms with van der Waals surface area (Å²) in [5.41, 5.74) is 0.381. The molecule has 3 unspecified atom stereocenters. The second-order valence-electron chi connectivity index (χ2n) is 5.91. The highest BCUT2D eigenvalue weighted by Gasteiger charge is 2.42. The number of nitrogens with zero attached hydrogens (tertiary/aromatic N) is 2. The van der Waals surface area contributed by atoms with E-state index < -0.39 is 0 Å². The monoisotopic (exact) mass is 272 g/mol. The number of hydrogen-bond acceptors (Lipinski definition) is 5. The first-order chi connectivity index (χ1) is 9.72. The molecule has 4 rings (SSSR count). The summed E-state index contributed by atoms with van der Waals surface area (Å²) in [6, 6.07) is 4.73. The van der Waals surface area contributed by atoms with Crippen molar-refractivity contribution >= 4 is 0 Å². The van der Waals surface area contributed by atoms with Crippen molar-refractivity contribution in [1.29, 1.82) is 0 Å². The molecule has 0 radical (unpaired) electrons. The molecule has 20 heavy (non-hydrogen) atoms. The highest BCUT2D eigenvalue weighted by Crippen LogP contribution is 2.52. The predicted octanol–water partition coefficient (Wildman–Crippen LogP) is 3.05. The molecule has 0 amide bonds. The third-order valence-electron chi connectivity index (χ3n) is 4.76. The Labute approximate surface area is 116 Å². The molecule has 2 aromatic rings. The van der Waals surface area contributed by atoms with Gasteiger partial charge in [0.05, 0.1) is 5.56 Å². The number of phenols is 2. The fourth-order valence-electron chi connectivity index (χ4n) is 3.76. The number of para-hydroxylation sites is 1. The Kier molecular flexibility index (Phi) is 2.49. The van der Waals surface area contributed by atoms with Crippen LogP contribution in [0.1, 0.15) is 37.4 Å². The lowest BCUT2D eigenvalue weighted by Gasteiger charge is -2.17. The third kappa shape index (κ3) is 1.69. The van der Waals surface area contributed by atoms with E-state index in [0.29, 0.717) is 17.4 Å². The van der Waals surface area contributed by atoms with Crippen LogP contribution >= 0.6 is 0 Å². The van der Waals surface area contributed by atoms with E-state index in [2.05, 4.69) is 10.1 Å². The molecule has 2 N–H and O–H groups in total. The van der Waals surface area contributed by atoms with E-state index in [1.165, 1.54) is 25.3 Å². The van der Waals surface area contributed by atoms with Crippen LogP contribution in [0.5, 0.6) is 11.5 Å². The fourth-order valence-corrected chi connectivity index (χ4v) is 3.76. The van der Waals surface area contributed by atoms with Gasteiger partial charge in [-0.05, 0) is 43.2 Å². The van der Waals surface area contributed by atoms with Gasteiger partial charge in [-0.2, -0.15) is 4.98 Å². The molecule has 0 saturated heterocycles. The van der Waals surface area contributed by atoms with Gasteiger partial charge in [0, 0.05) is 5.92 Å². The minimum Gasteiger partial charge on any atom is -0.504 e. The number of benzene rings is 1. The highest BCUT2D eigenvalue weighted by molar-refractivity contribution is 5.66. The zero-order valence-corrected chi connectivity index (χ0v) is 11.0. The van der Waals surface area contributed by atoms with Gasteiger partial charge in [0.15, 0.2) is 17.3 Å². The topological polar surface area (TPSA) is 79.4 Å². The van der Waals surface area contributed by atoms with E-state index in [0.717, 1.165) is 18.2 Å². The molecule has 1 aromatic carbocycles. The van der Waals surface area contributed by atoms with Crippen molar-refractivity contribution in [2.45, 2.75) is 31.6 Å². The molecule has 0 aliphatic heterocycles. The summed E-state index contributed by atoms with van der Waals surface area (Å²) in [4.78, 5) is 4.43. The Morgan fingerprint density at radius 2 is 2.05 bits per heavy atom. The summed E-state index contributed by atoms with van der Waals surface area (Å²) in [5, 5.41) is 23.5. The summed E-state index contributed by atoms with van der Waals surface area (Å²) in [6.45, 7) is 0. The molecule has 2 aliphatic rings. The van der Waals surface area contributed by atoms with Gasteiger partial charge in [0.25, 0.3) is 5.89 Å². The van der Waals surface area contributed by atoms with Crippen LogP contribution < -0.4 is 0 Å².